The molecular formula is C37H69N3O3. The van der Waals surface area contributed by atoms with Crippen molar-refractivity contribution < 1.29 is 14.6 Å². The van der Waals surface area contributed by atoms with Gasteiger partial charge in [0.25, 0.3) is 0 Å². The number of hydrogen-bond donors (Lipinski definition) is 3. The first-order valence-electron chi connectivity index (χ1n) is 18.4. The normalized spacial score (nSPS) is 40.6. The second-order valence-corrected chi connectivity index (χ2v) is 16.6. The van der Waals surface area contributed by atoms with Crippen LogP contribution in [0, 0.1) is 52.3 Å². The number of carbonyl (C=O) groups is 1. The summed E-state index contributed by atoms with van der Waals surface area (Å²) in [6.45, 7) is 19.6. The van der Waals surface area contributed by atoms with Crippen LogP contribution in [0.25, 0.3) is 0 Å². The number of aliphatic hydroxyl groups is 1. The van der Waals surface area contributed by atoms with Crippen molar-refractivity contribution >= 4 is 5.97 Å². The molecule has 4 saturated carbocycles. The van der Waals surface area contributed by atoms with E-state index in [2.05, 4.69) is 46.4 Å². The Hall–Kier alpha value is -0.690. The maximum atomic E-state index is 13.1. The highest BCUT2D eigenvalue weighted by Gasteiger charge is 2.68. The van der Waals surface area contributed by atoms with Gasteiger partial charge in [0.05, 0.1) is 5.60 Å². The SMILES string of the molecule is CC(=O)O[C@H]1CC[C@]2(C)[C@H]3CC[C@]4(C)[C@@H]([C@H](C)CC[C@@H](C)C(C)C)CC[C@H]4[C@@H]3C[C@@H](N(CCCN)CCCCN)[C@@]2(O)C1. The van der Waals surface area contributed by atoms with Crippen LogP contribution in [0.2, 0.25) is 0 Å². The van der Waals surface area contributed by atoms with E-state index in [-0.39, 0.29) is 23.5 Å². The fourth-order valence-corrected chi connectivity index (χ4v) is 11.2. The second kappa shape index (κ2) is 14.4. The van der Waals surface area contributed by atoms with E-state index in [1.807, 2.05) is 0 Å². The number of unbranched alkanes of at least 4 members (excludes halogenated alkanes) is 1. The molecule has 6 nitrogen and oxygen atoms in total. The first-order chi connectivity index (χ1) is 20.3. The molecule has 0 amide bonds. The number of carbonyl (C=O) groups excluding carboxylic acids is 1. The number of rotatable bonds is 14. The molecule has 43 heavy (non-hydrogen) atoms. The topological polar surface area (TPSA) is 102 Å². The van der Waals surface area contributed by atoms with Gasteiger partial charge in [0.15, 0.2) is 0 Å². The average molecular weight is 604 g/mol. The minimum absolute atomic E-state index is 0.0622. The summed E-state index contributed by atoms with van der Waals surface area (Å²) >= 11 is 0. The molecule has 0 unspecified atom stereocenters. The van der Waals surface area contributed by atoms with Crippen LogP contribution in [-0.4, -0.2) is 59.9 Å². The van der Waals surface area contributed by atoms with Gasteiger partial charge in [-0.15, -0.1) is 0 Å². The Kier molecular flexibility index (Phi) is 11.8. The van der Waals surface area contributed by atoms with Crippen molar-refractivity contribution in [2.75, 3.05) is 26.2 Å². The average Bonchev–Trinajstić information content (AvgIpc) is 3.31. The summed E-state index contributed by atoms with van der Waals surface area (Å²) in [5, 5.41) is 13.1. The molecular weight excluding hydrogens is 534 g/mol. The monoisotopic (exact) mass is 604 g/mol. The highest BCUT2D eigenvalue weighted by atomic mass is 16.5. The Bertz CT molecular complexity index is 914. The molecule has 4 aliphatic carbocycles. The van der Waals surface area contributed by atoms with E-state index in [1.165, 1.54) is 45.4 Å². The molecule has 6 heteroatoms. The van der Waals surface area contributed by atoms with Gasteiger partial charge in [0.2, 0.25) is 0 Å². The van der Waals surface area contributed by atoms with Crippen molar-refractivity contribution in [2.45, 2.75) is 150 Å². The summed E-state index contributed by atoms with van der Waals surface area (Å²) in [4.78, 5) is 14.6. The van der Waals surface area contributed by atoms with Gasteiger partial charge in [0, 0.05) is 24.8 Å². The van der Waals surface area contributed by atoms with Crippen molar-refractivity contribution in [3.05, 3.63) is 0 Å². The molecule has 250 valence electrons. The number of ether oxygens (including phenoxy) is 1. The minimum atomic E-state index is -0.879. The van der Waals surface area contributed by atoms with Crippen molar-refractivity contribution in [3.8, 4) is 0 Å². The molecule has 0 bridgehead atoms. The smallest absolute Gasteiger partial charge is 0.302 e. The second-order valence-electron chi connectivity index (χ2n) is 16.6. The first kappa shape index (κ1) is 35.2. The Labute approximate surface area is 264 Å². The summed E-state index contributed by atoms with van der Waals surface area (Å²) in [5.41, 5.74) is 11.3. The molecule has 0 aromatic heterocycles. The Morgan fingerprint density at radius 1 is 0.930 bits per heavy atom. The van der Waals surface area contributed by atoms with Crippen LogP contribution in [0.3, 0.4) is 0 Å². The molecule has 0 aliphatic heterocycles. The Morgan fingerprint density at radius 3 is 2.28 bits per heavy atom. The maximum Gasteiger partial charge on any atom is 0.302 e. The number of nitrogens with two attached hydrogens (primary N) is 2. The van der Waals surface area contributed by atoms with Gasteiger partial charge in [-0.2, -0.15) is 0 Å². The number of nitrogens with zero attached hydrogens (tertiary/aromatic N) is 1. The molecule has 0 saturated heterocycles. The number of hydrogen-bond acceptors (Lipinski definition) is 6. The Morgan fingerprint density at radius 2 is 1.63 bits per heavy atom. The van der Waals surface area contributed by atoms with Crippen LogP contribution >= 0.6 is 0 Å². The zero-order chi connectivity index (χ0) is 31.6. The van der Waals surface area contributed by atoms with Crippen molar-refractivity contribution in [1.82, 2.24) is 4.90 Å². The Balaban J connectivity index is 1.65. The maximum absolute atomic E-state index is 13.1. The molecule has 5 N–H and O–H groups in total. The third-order valence-electron chi connectivity index (χ3n) is 14.1. The molecule has 0 spiro atoms. The largest absolute Gasteiger partial charge is 0.462 e. The van der Waals surface area contributed by atoms with Crippen LogP contribution in [-0.2, 0) is 9.53 Å². The standard InChI is InChI=1S/C37H69N3O3/c1-25(2)26(3)11-12-27(4)31-13-14-32-30-23-34(40(22-10-20-39)21-9-8-19-38)37(42)24-29(43-28(5)41)15-18-36(37,7)33(30)16-17-35(31,32)6/h25-27,29-34,42H,8-24,38-39H2,1-7H3/t26-,27-,29+,30+,31-,32+,33+,34-,35-,36-,37+/m1/s1. The molecule has 0 radical (unpaired) electrons. The molecule has 11 atom stereocenters. The third-order valence-corrected chi connectivity index (χ3v) is 14.1. The zero-order valence-corrected chi connectivity index (χ0v) is 29.1. The summed E-state index contributed by atoms with van der Waals surface area (Å²) in [5.74, 6) is 4.81. The van der Waals surface area contributed by atoms with Crippen LogP contribution < -0.4 is 11.5 Å². The zero-order valence-electron chi connectivity index (χ0n) is 29.1. The minimum Gasteiger partial charge on any atom is -0.462 e. The van der Waals surface area contributed by atoms with Gasteiger partial charge in [-0.05, 0) is 137 Å². The van der Waals surface area contributed by atoms with Gasteiger partial charge in [-0.1, -0.05) is 54.4 Å². The lowest BCUT2D eigenvalue weighted by Gasteiger charge is -2.67. The van der Waals surface area contributed by atoms with E-state index >= 15 is 0 Å². The van der Waals surface area contributed by atoms with E-state index in [0.717, 1.165) is 81.2 Å². The highest BCUT2D eigenvalue weighted by Crippen LogP contribution is 2.69. The molecule has 0 aromatic carbocycles. The van der Waals surface area contributed by atoms with Crippen LogP contribution in [0.15, 0.2) is 0 Å². The molecule has 4 fully saturated rings. The van der Waals surface area contributed by atoms with Gasteiger partial charge in [-0.25, -0.2) is 0 Å². The lowest BCUT2D eigenvalue weighted by molar-refractivity contribution is -0.253. The van der Waals surface area contributed by atoms with Gasteiger partial charge in [0.1, 0.15) is 6.10 Å². The van der Waals surface area contributed by atoms with Gasteiger partial charge < -0.3 is 21.3 Å². The van der Waals surface area contributed by atoms with Gasteiger partial charge >= 0.3 is 5.97 Å². The van der Waals surface area contributed by atoms with Crippen molar-refractivity contribution in [3.63, 3.8) is 0 Å². The van der Waals surface area contributed by atoms with E-state index in [4.69, 9.17) is 16.2 Å². The molecule has 4 rings (SSSR count). The predicted octanol–water partition coefficient (Wildman–Crippen LogP) is 6.77. The summed E-state index contributed by atoms with van der Waals surface area (Å²) < 4.78 is 5.82. The number of esters is 1. The first-order valence-corrected chi connectivity index (χ1v) is 18.4. The quantitative estimate of drug-likeness (QED) is 0.150. The van der Waals surface area contributed by atoms with E-state index in [1.54, 1.807) is 0 Å². The highest BCUT2D eigenvalue weighted by molar-refractivity contribution is 5.66. The lowest BCUT2D eigenvalue weighted by Crippen LogP contribution is -2.72. The fourth-order valence-electron chi connectivity index (χ4n) is 11.2. The van der Waals surface area contributed by atoms with Crippen LogP contribution in [0.5, 0.6) is 0 Å². The van der Waals surface area contributed by atoms with Crippen LogP contribution in [0.4, 0.5) is 0 Å². The number of fused-ring (bicyclic) bond motifs is 5. The predicted molar refractivity (Wildman–Crippen MR) is 177 cm³/mol. The molecule has 0 heterocycles. The summed E-state index contributed by atoms with van der Waals surface area (Å²) in [6.07, 6.45) is 14.1. The molecule has 4 aliphatic rings. The third kappa shape index (κ3) is 6.88. The fraction of sp³-hybridized carbons (Fsp3) is 0.973. The lowest BCUT2D eigenvalue weighted by atomic mass is 9.41. The van der Waals surface area contributed by atoms with E-state index < -0.39 is 5.60 Å². The van der Waals surface area contributed by atoms with Crippen LogP contribution in [0.1, 0.15) is 132 Å². The van der Waals surface area contributed by atoms with E-state index in [0.29, 0.717) is 36.8 Å². The van der Waals surface area contributed by atoms with E-state index in [9.17, 15) is 9.90 Å². The summed E-state index contributed by atoms with van der Waals surface area (Å²) in [7, 11) is 0. The van der Waals surface area contributed by atoms with Crippen molar-refractivity contribution in [1.29, 1.82) is 0 Å². The molecule has 0 aromatic rings. The summed E-state index contributed by atoms with van der Waals surface area (Å²) in [6, 6.07) is 0.0622. The van der Waals surface area contributed by atoms with Crippen molar-refractivity contribution in [2.24, 2.45) is 63.7 Å². The van der Waals surface area contributed by atoms with Gasteiger partial charge in [-0.3, -0.25) is 9.69 Å².